The van der Waals surface area contributed by atoms with Crippen molar-refractivity contribution >= 4 is 12.6 Å². The van der Waals surface area contributed by atoms with Gasteiger partial charge in [0.15, 0.2) is 0 Å². The van der Waals surface area contributed by atoms with Crippen LogP contribution in [0.1, 0.15) is 30.9 Å². The van der Waals surface area contributed by atoms with Crippen molar-refractivity contribution in [3.05, 3.63) is 29.1 Å². The van der Waals surface area contributed by atoms with Gasteiger partial charge in [-0.2, -0.15) is 0 Å². The molecule has 0 aromatic heterocycles. The molecule has 0 unspecified atom stereocenters. The van der Waals surface area contributed by atoms with E-state index in [1.807, 2.05) is 13.8 Å². The Bertz CT molecular complexity index is 365. The SMILES string of the molecule is CC(C)c1cc(F)cc2c1B(O)OC2. The van der Waals surface area contributed by atoms with E-state index in [0.717, 1.165) is 16.6 Å². The summed E-state index contributed by atoms with van der Waals surface area (Å²) in [5.74, 6) is -0.0686. The van der Waals surface area contributed by atoms with Gasteiger partial charge in [-0.25, -0.2) is 4.39 Å². The maximum Gasteiger partial charge on any atom is 0.492 e. The molecule has 0 radical (unpaired) electrons. The van der Waals surface area contributed by atoms with E-state index >= 15 is 0 Å². The molecule has 14 heavy (non-hydrogen) atoms. The second-order valence-electron chi connectivity index (χ2n) is 3.89. The average molecular weight is 194 g/mol. The number of benzene rings is 1. The van der Waals surface area contributed by atoms with Crippen molar-refractivity contribution < 1.29 is 14.1 Å². The zero-order valence-corrected chi connectivity index (χ0v) is 8.25. The molecule has 0 fully saturated rings. The summed E-state index contributed by atoms with van der Waals surface area (Å²) in [5, 5.41) is 9.56. The van der Waals surface area contributed by atoms with Crippen LogP contribution in [0.4, 0.5) is 4.39 Å². The minimum Gasteiger partial charge on any atom is -0.423 e. The maximum absolute atomic E-state index is 13.2. The monoisotopic (exact) mass is 194 g/mol. The van der Waals surface area contributed by atoms with Crippen molar-refractivity contribution in [3.8, 4) is 0 Å². The van der Waals surface area contributed by atoms with Crippen LogP contribution in [-0.4, -0.2) is 12.1 Å². The highest BCUT2D eigenvalue weighted by Crippen LogP contribution is 2.20. The molecule has 4 heteroatoms. The van der Waals surface area contributed by atoms with Gasteiger partial charge < -0.3 is 9.68 Å². The van der Waals surface area contributed by atoms with Crippen LogP contribution in [0.25, 0.3) is 0 Å². The Balaban J connectivity index is 2.59. The Morgan fingerprint density at radius 1 is 1.50 bits per heavy atom. The first kappa shape index (κ1) is 9.68. The van der Waals surface area contributed by atoms with Crippen LogP contribution in [-0.2, 0) is 11.3 Å². The zero-order valence-electron chi connectivity index (χ0n) is 8.25. The van der Waals surface area contributed by atoms with E-state index in [4.69, 9.17) is 4.65 Å². The van der Waals surface area contributed by atoms with E-state index in [1.54, 1.807) is 0 Å². The molecule has 1 aromatic carbocycles. The topological polar surface area (TPSA) is 29.5 Å². The van der Waals surface area contributed by atoms with E-state index in [2.05, 4.69) is 0 Å². The number of hydrogen-bond donors (Lipinski definition) is 1. The summed E-state index contributed by atoms with van der Waals surface area (Å²) >= 11 is 0. The van der Waals surface area contributed by atoms with Gasteiger partial charge in [-0.15, -0.1) is 0 Å². The normalized spacial score (nSPS) is 15.1. The Morgan fingerprint density at radius 3 is 2.86 bits per heavy atom. The number of rotatable bonds is 1. The molecule has 1 aromatic rings. The second kappa shape index (κ2) is 3.37. The lowest BCUT2D eigenvalue weighted by atomic mass is 9.73. The fraction of sp³-hybridized carbons (Fsp3) is 0.400. The van der Waals surface area contributed by atoms with E-state index in [9.17, 15) is 9.41 Å². The molecule has 1 aliphatic rings. The number of halogens is 1. The second-order valence-corrected chi connectivity index (χ2v) is 3.89. The molecule has 0 amide bonds. The van der Waals surface area contributed by atoms with Gasteiger partial charge in [-0.1, -0.05) is 13.8 Å². The van der Waals surface area contributed by atoms with E-state index in [1.165, 1.54) is 12.1 Å². The smallest absolute Gasteiger partial charge is 0.423 e. The zero-order chi connectivity index (χ0) is 10.3. The van der Waals surface area contributed by atoms with Crippen LogP contribution < -0.4 is 5.46 Å². The first-order valence-corrected chi connectivity index (χ1v) is 4.71. The summed E-state index contributed by atoms with van der Waals surface area (Å²) in [6.07, 6.45) is 0. The van der Waals surface area contributed by atoms with Crippen molar-refractivity contribution in [2.45, 2.75) is 26.4 Å². The molecule has 1 heterocycles. The quantitative estimate of drug-likeness (QED) is 0.680. The highest BCUT2D eigenvalue weighted by Gasteiger charge is 2.31. The number of hydrogen-bond acceptors (Lipinski definition) is 2. The summed E-state index contributed by atoms with van der Waals surface area (Å²) in [6.45, 7) is 4.24. The molecule has 0 saturated carbocycles. The predicted molar refractivity (Wildman–Crippen MR) is 52.9 cm³/mol. The summed E-state index contributed by atoms with van der Waals surface area (Å²) in [7, 11) is -0.886. The van der Waals surface area contributed by atoms with Gasteiger partial charge in [0.05, 0.1) is 6.61 Å². The van der Waals surface area contributed by atoms with Crippen molar-refractivity contribution in [2.75, 3.05) is 0 Å². The molecule has 0 spiro atoms. The predicted octanol–water partition coefficient (Wildman–Crippen LogP) is 1.17. The molecule has 2 nitrogen and oxygen atoms in total. The minimum absolute atomic E-state index is 0.191. The van der Waals surface area contributed by atoms with Crippen LogP contribution in [0.15, 0.2) is 12.1 Å². The summed E-state index contributed by atoms with van der Waals surface area (Å²) < 4.78 is 18.2. The van der Waals surface area contributed by atoms with Crippen LogP contribution in [0.5, 0.6) is 0 Å². The van der Waals surface area contributed by atoms with Gasteiger partial charge in [0.25, 0.3) is 0 Å². The molecular weight excluding hydrogens is 182 g/mol. The first-order chi connectivity index (χ1) is 6.59. The van der Waals surface area contributed by atoms with E-state index in [0.29, 0.717) is 6.61 Å². The van der Waals surface area contributed by atoms with Crippen molar-refractivity contribution in [1.82, 2.24) is 0 Å². The fourth-order valence-corrected chi connectivity index (χ4v) is 1.85. The Kier molecular flexibility index (Phi) is 2.33. The van der Waals surface area contributed by atoms with E-state index in [-0.39, 0.29) is 11.7 Å². The lowest BCUT2D eigenvalue weighted by Crippen LogP contribution is -2.32. The first-order valence-electron chi connectivity index (χ1n) is 4.71. The Hall–Kier alpha value is -0.865. The summed E-state index contributed by atoms with van der Waals surface area (Å²) in [4.78, 5) is 0. The minimum atomic E-state index is -0.886. The van der Waals surface area contributed by atoms with Crippen molar-refractivity contribution in [2.24, 2.45) is 0 Å². The van der Waals surface area contributed by atoms with Gasteiger partial charge in [-0.3, -0.25) is 0 Å². The lowest BCUT2D eigenvalue weighted by molar-refractivity contribution is 0.275. The van der Waals surface area contributed by atoms with Gasteiger partial charge in [-0.05, 0) is 34.6 Å². The maximum atomic E-state index is 13.2. The lowest BCUT2D eigenvalue weighted by Gasteiger charge is -2.11. The van der Waals surface area contributed by atoms with Crippen LogP contribution in [0.2, 0.25) is 0 Å². The standard InChI is InChI=1S/C10H12BFO2/c1-6(2)9-4-8(12)3-7-5-14-11(13)10(7)9/h3-4,6,13H,5H2,1-2H3. The third kappa shape index (κ3) is 1.44. The van der Waals surface area contributed by atoms with E-state index < -0.39 is 7.12 Å². The molecule has 2 rings (SSSR count). The molecule has 0 atom stereocenters. The third-order valence-electron chi connectivity index (χ3n) is 2.53. The molecule has 0 aliphatic carbocycles. The molecular formula is C10H12BFO2. The molecule has 74 valence electrons. The largest absolute Gasteiger partial charge is 0.492 e. The van der Waals surface area contributed by atoms with Crippen molar-refractivity contribution in [3.63, 3.8) is 0 Å². The van der Waals surface area contributed by atoms with Gasteiger partial charge in [0.2, 0.25) is 0 Å². The van der Waals surface area contributed by atoms with Crippen molar-refractivity contribution in [1.29, 1.82) is 0 Å². The Labute approximate surface area is 82.9 Å². The summed E-state index contributed by atoms with van der Waals surface area (Å²) in [5.41, 5.74) is 2.35. The van der Waals surface area contributed by atoms with Crippen LogP contribution in [0, 0.1) is 5.82 Å². The molecule has 1 aliphatic heterocycles. The van der Waals surface area contributed by atoms with Gasteiger partial charge >= 0.3 is 7.12 Å². The molecule has 0 saturated heterocycles. The fourth-order valence-electron chi connectivity index (χ4n) is 1.85. The Morgan fingerprint density at radius 2 is 2.21 bits per heavy atom. The molecule has 0 bridgehead atoms. The highest BCUT2D eigenvalue weighted by atomic mass is 19.1. The average Bonchev–Trinajstić information content (AvgIpc) is 2.46. The van der Waals surface area contributed by atoms with Crippen LogP contribution in [0.3, 0.4) is 0 Å². The molecule has 1 N–H and O–H groups in total. The summed E-state index contributed by atoms with van der Waals surface area (Å²) in [6, 6.07) is 2.90. The van der Waals surface area contributed by atoms with Crippen LogP contribution >= 0.6 is 0 Å². The van der Waals surface area contributed by atoms with Gasteiger partial charge in [0, 0.05) is 0 Å². The third-order valence-corrected chi connectivity index (χ3v) is 2.53. The highest BCUT2D eigenvalue weighted by molar-refractivity contribution is 6.62. The number of fused-ring (bicyclic) bond motifs is 1. The van der Waals surface area contributed by atoms with Gasteiger partial charge in [0.1, 0.15) is 5.82 Å².